The van der Waals surface area contributed by atoms with Crippen LogP contribution in [-0.2, 0) is 9.53 Å². The number of halogens is 9. The Morgan fingerprint density at radius 3 is 1.75 bits per heavy atom. The number of carbonyl (C=O) groups is 1. The predicted octanol–water partition coefficient (Wildman–Crippen LogP) is 3.04. The number of rotatable bonds is 4. The molecule has 0 aromatic carbocycles. The molecule has 0 heterocycles. The van der Waals surface area contributed by atoms with E-state index < -0.39 is 30.1 Å². The van der Waals surface area contributed by atoms with Crippen LogP contribution in [0.2, 0.25) is 0 Å². The minimum absolute atomic E-state index is 0.151. The molecule has 0 aliphatic rings. The predicted molar refractivity (Wildman–Crippen MR) is 41.7 cm³/mol. The van der Waals surface area contributed by atoms with Gasteiger partial charge in [-0.3, -0.25) is 0 Å². The number of nitriles is 1. The van der Waals surface area contributed by atoms with E-state index in [1.807, 2.05) is 0 Å². The van der Waals surface area contributed by atoms with E-state index in [9.17, 15) is 44.3 Å². The van der Waals surface area contributed by atoms with Gasteiger partial charge in [-0.05, 0) is 0 Å². The van der Waals surface area contributed by atoms with Crippen LogP contribution in [0.3, 0.4) is 0 Å². The Morgan fingerprint density at radius 1 is 0.950 bits per heavy atom. The summed E-state index contributed by atoms with van der Waals surface area (Å²) in [7, 11) is 0. The molecule has 20 heavy (non-hydrogen) atoms. The zero-order valence-corrected chi connectivity index (χ0v) is 8.82. The van der Waals surface area contributed by atoms with Crippen LogP contribution in [0.1, 0.15) is 0 Å². The average molecular weight is 315 g/mol. The monoisotopic (exact) mass is 315 g/mol. The Labute approximate surface area is 104 Å². The lowest BCUT2D eigenvalue weighted by molar-refractivity contribution is -0.434. The second kappa shape index (κ2) is 5.22. The molecule has 0 N–H and O–H groups in total. The molecule has 0 saturated heterocycles. The fourth-order valence-corrected chi connectivity index (χ4v) is 0.691. The summed E-state index contributed by atoms with van der Waals surface area (Å²) >= 11 is 0. The number of esters is 1. The summed E-state index contributed by atoms with van der Waals surface area (Å²) in [6.07, 6.45) is -13.5. The van der Waals surface area contributed by atoms with Gasteiger partial charge in [0.2, 0.25) is 0 Å². The van der Waals surface area contributed by atoms with Crippen LogP contribution >= 0.6 is 0 Å². The average Bonchev–Trinajstić information content (AvgIpc) is 2.23. The van der Waals surface area contributed by atoms with Crippen LogP contribution in [0.25, 0.3) is 0 Å². The maximum absolute atomic E-state index is 12.6. The summed E-state index contributed by atoms with van der Waals surface area (Å²) in [6.45, 7) is 0. The van der Waals surface area contributed by atoms with Crippen molar-refractivity contribution in [2.45, 2.75) is 24.1 Å². The summed E-state index contributed by atoms with van der Waals surface area (Å²) in [4.78, 5) is 10.4. The minimum atomic E-state index is -7.15. The largest absolute Gasteiger partial charge is 0.473 e. The smallest absolute Gasteiger partial charge is 0.393 e. The van der Waals surface area contributed by atoms with Crippen molar-refractivity contribution in [2.75, 3.05) is 0 Å². The molecule has 0 aliphatic heterocycles. The van der Waals surface area contributed by atoms with Crippen molar-refractivity contribution >= 4 is 5.97 Å². The molecule has 0 aliphatic carbocycles. The number of hydrogen-bond acceptors (Lipinski definition) is 3. The first-order valence-corrected chi connectivity index (χ1v) is 4.20. The Morgan fingerprint density at radius 2 is 1.40 bits per heavy atom. The summed E-state index contributed by atoms with van der Waals surface area (Å²) in [6, 6.07) is 1.04. The van der Waals surface area contributed by atoms with E-state index in [1.165, 1.54) is 0 Å². The van der Waals surface area contributed by atoms with Crippen LogP contribution in [0.4, 0.5) is 39.5 Å². The van der Waals surface area contributed by atoms with Gasteiger partial charge in [0.15, 0.2) is 0 Å². The molecule has 0 saturated carbocycles. The van der Waals surface area contributed by atoms with E-state index in [-0.39, 0.29) is 12.2 Å². The quantitative estimate of drug-likeness (QED) is 0.347. The number of hydrogen-bond donors (Lipinski definition) is 0. The van der Waals surface area contributed by atoms with Gasteiger partial charge in [0.1, 0.15) is 0 Å². The van der Waals surface area contributed by atoms with E-state index in [0.717, 1.165) is 6.07 Å². The van der Waals surface area contributed by atoms with Gasteiger partial charge in [-0.25, -0.2) is 4.79 Å². The first-order chi connectivity index (χ1) is 8.70. The van der Waals surface area contributed by atoms with E-state index in [2.05, 4.69) is 4.74 Å². The second-order valence-electron chi connectivity index (χ2n) is 3.05. The highest BCUT2D eigenvalue weighted by atomic mass is 19.4. The molecule has 0 fully saturated rings. The number of alkyl halides is 9. The van der Waals surface area contributed by atoms with Gasteiger partial charge in [0.25, 0.3) is 0 Å². The molecule has 3 nitrogen and oxygen atoms in total. The Hall–Kier alpha value is -1.93. The van der Waals surface area contributed by atoms with Gasteiger partial charge < -0.3 is 4.74 Å². The SMILES string of the molecule is N#CC=CC(=O)OC(F)(F)C(F)(F)C(F)(F)C(F)(F)F. The van der Waals surface area contributed by atoms with Crippen molar-refractivity contribution in [3.05, 3.63) is 12.2 Å². The standard InChI is InChI=1S/C8H2F9NO2/c9-5(10,7(13,14)15)6(11,12)8(16,17)20-4(19)2-1-3-18/h1-2H. The van der Waals surface area contributed by atoms with Crippen LogP contribution in [0.5, 0.6) is 0 Å². The lowest BCUT2D eigenvalue weighted by Gasteiger charge is -2.32. The molecule has 0 aromatic heterocycles. The van der Waals surface area contributed by atoms with Crippen LogP contribution in [0.15, 0.2) is 12.2 Å². The molecule has 114 valence electrons. The third-order valence-corrected chi connectivity index (χ3v) is 1.64. The van der Waals surface area contributed by atoms with E-state index in [1.54, 1.807) is 0 Å². The second-order valence-corrected chi connectivity index (χ2v) is 3.05. The molecule has 0 amide bonds. The van der Waals surface area contributed by atoms with Crippen LogP contribution in [0, 0.1) is 11.3 Å². The van der Waals surface area contributed by atoms with Gasteiger partial charge in [-0.2, -0.15) is 44.8 Å². The van der Waals surface area contributed by atoms with E-state index in [4.69, 9.17) is 5.26 Å². The molecule has 0 rings (SSSR count). The topological polar surface area (TPSA) is 50.1 Å². The molecular formula is C8H2F9NO2. The fraction of sp³-hybridized carbons (Fsp3) is 0.500. The van der Waals surface area contributed by atoms with Gasteiger partial charge in [0, 0.05) is 12.2 Å². The minimum Gasteiger partial charge on any atom is -0.393 e. The lowest BCUT2D eigenvalue weighted by atomic mass is 10.1. The van der Waals surface area contributed by atoms with Crippen LogP contribution < -0.4 is 0 Å². The van der Waals surface area contributed by atoms with Crippen molar-refractivity contribution < 1.29 is 49.0 Å². The van der Waals surface area contributed by atoms with Gasteiger partial charge in [-0.1, -0.05) is 0 Å². The lowest BCUT2D eigenvalue weighted by Crippen LogP contribution is -2.62. The Bertz CT molecular complexity index is 446. The van der Waals surface area contributed by atoms with Crippen molar-refractivity contribution in [2.24, 2.45) is 0 Å². The first-order valence-electron chi connectivity index (χ1n) is 4.20. The third kappa shape index (κ3) is 3.14. The Kier molecular flexibility index (Phi) is 4.71. The molecule has 0 radical (unpaired) electrons. The normalized spacial score (nSPS) is 14.2. The maximum Gasteiger partial charge on any atom is 0.473 e. The summed E-state index contributed by atoms with van der Waals surface area (Å²) in [5, 5.41) is 7.86. The highest BCUT2D eigenvalue weighted by Gasteiger charge is 2.83. The maximum atomic E-state index is 12.6. The summed E-state index contributed by atoms with van der Waals surface area (Å²) in [5.74, 6) is -16.6. The molecule has 0 spiro atoms. The molecule has 0 aromatic rings. The highest BCUT2D eigenvalue weighted by Crippen LogP contribution is 2.53. The zero-order valence-electron chi connectivity index (χ0n) is 8.82. The van der Waals surface area contributed by atoms with Gasteiger partial charge >= 0.3 is 30.1 Å². The number of nitrogens with zero attached hydrogens (tertiary/aromatic N) is 1. The van der Waals surface area contributed by atoms with Gasteiger partial charge in [-0.15, -0.1) is 0 Å². The van der Waals surface area contributed by atoms with Crippen molar-refractivity contribution in [1.29, 1.82) is 5.26 Å². The molecule has 0 atom stereocenters. The first kappa shape index (κ1) is 18.1. The number of carbonyl (C=O) groups excluding carboxylic acids is 1. The molecular weight excluding hydrogens is 313 g/mol. The fourth-order valence-electron chi connectivity index (χ4n) is 0.691. The third-order valence-electron chi connectivity index (χ3n) is 1.64. The molecule has 0 bridgehead atoms. The number of allylic oxidation sites excluding steroid dienone is 1. The van der Waals surface area contributed by atoms with E-state index >= 15 is 0 Å². The van der Waals surface area contributed by atoms with Crippen molar-refractivity contribution in [1.82, 2.24) is 0 Å². The van der Waals surface area contributed by atoms with E-state index in [0.29, 0.717) is 0 Å². The highest BCUT2D eigenvalue weighted by molar-refractivity contribution is 5.82. The summed E-state index contributed by atoms with van der Waals surface area (Å²) < 4.78 is 112. The number of ether oxygens (including phenoxy) is 1. The van der Waals surface area contributed by atoms with Crippen molar-refractivity contribution in [3.8, 4) is 6.07 Å². The molecule has 12 heteroatoms. The summed E-state index contributed by atoms with van der Waals surface area (Å²) in [5.41, 5.74) is 0. The van der Waals surface area contributed by atoms with Crippen molar-refractivity contribution in [3.63, 3.8) is 0 Å². The van der Waals surface area contributed by atoms with Crippen LogP contribution in [-0.4, -0.2) is 30.1 Å². The zero-order chi connectivity index (χ0) is 16.4. The van der Waals surface area contributed by atoms with Gasteiger partial charge in [0.05, 0.1) is 6.07 Å². The molecule has 0 unspecified atom stereocenters. The Balaban J connectivity index is 5.43.